The summed E-state index contributed by atoms with van der Waals surface area (Å²) in [4.78, 5) is 21.8. The molecule has 0 amide bonds. The lowest BCUT2D eigenvalue weighted by Crippen LogP contribution is -2.08. The molecule has 5 nitrogen and oxygen atoms in total. The third-order valence-electron chi connectivity index (χ3n) is 2.34. The van der Waals surface area contributed by atoms with E-state index in [2.05, 4.69) is 9.47 Å². The zero-order chi connectivity index (χ0) is 14.4. The number of carbonyl (C=O) groups excluding carboxylic acids is 1. The summed E-state index contributed by atoms with van der Waals surface area (Å²) in [7, 11) is 1.24. The number of hydrogen-bond donors (Lipinski definition) is 1. The van der Waals surface area contributed by atoms with E-state index in [1.807, 2.05) is 0 Å². The number of aromatic carboxylic acids is 1. The summed E-state index contributed by atoms with van der Waals surface area (Å²) in [5, 5.41) is 8.83. The number of rotatable bonds is 6. The molecular formula is C12H12F2O5. The summed E-state index contributed by atoms with van der Waals surface area (Å²) in [6, 6.07) is 3.77. The quantitative estimate of drug-likeness (QED) is 0.804. The van der Waals surface area contributed by atoms with Crippen molar-refractivity contribution >= 4 is 11.9 Å². The normalized spacial score (nSPS) is 10.3. The van der Waals surface area contributed by atoms with Crippen molar-refractivity contribution in [2.45, 2.75) is 19.5 Å². The summed E-state index contributed by atoms with van der Waals surface area (Å²) in [5.74, 6) is -2.24. The summed E-state index contributed by atoms with van der Waals surface area (Å²) in [6.07, 6.45) is 0.309. The molecule has 0 aliphatic carbocycles. The molecule has 0 bridgehead atoms. The number of methoxy groups -OCH3 is 1. The number of carboxylic acids is 1. The summed E-state index contributed by atoms with van der Waals surface area (Å²) in [5.41, 5.74) is 0.146. The van der Waals surface area contributed by atoms with Gasteiger partial charge in [0.25, 0.3) is 0 Å². The Hall–Kier alpha value is -2.18. The van der Waals surface area contributed by atoms with E-state index in [-0.39, 0.29) is 18.4 Å². The van der Waals surface area contributed by atoms with E-state index >= 15 is 0 Å². The summed E-state index contributed by atoms with van der Waals surface area (Å²) in [6.45, 7) is -3.12. The maximum Gasteiger partial charge on any atom is 0.387 e. The highest BCUT2D eigenvalue weighted by Crippen LogP contribution is 2.23. The molecule has 0 heterocycles. The molecule has 1 rings (SSSR count). The van der Waals surface area contributed by atoms with Crippen LogP contribution in [0.3, 0.4) is 0 Å². The second kappa shape index (κ2) is 6.67. The number of ether oxygens (including phenoxy) is 2. The molecule has 0 saturated carbocycles. The number of alkyl halides is 2. The van der Waals surface area contributed by atoms with Crippen LogP contribution in [-0.4, -0.2) is 30.8 Å². The molecule has 1 N–H and O–H groups in total. The van der Waals surface area contributed by atoms with Gasteiger partial charge in [-0.2, -0.15) is 8.78 Å². The van der Waals surface area contributed by atoms with Crippen LogP contribution in [0, 0.1) is 0 Å². The lowest BCUT2D eigenvalue weighted by Gasteiger charge is -2.10. The number of esters is 1. The van der Waals surface area contributed by atoms with Crippen molar-refractivity contribution in [3.63, 3.8) is 0 Å². The van der Waals surface area contributed by atoms with Crippen LogP contribution in [0.4, 0.5) is 8.78 Å². The van der Waals surface area contributed by atoms with Crippen LogP contribution in [0.15, 0.2) is 18.2 Å². The van der Waals surface area contributed by atoms with Gasteiger partial charge in [0.1, 0.15) is 11.3 Å². The molecule has 1 aromatic carbocycles. The van der Waals surface area contributed by atoms with Crippen LogP contribution in [0.25, 0.3) is 0 Å². The standard InChI is InChI=1S/C12H12F2O5/c1-18-10(15)5-3-7-2-4-8(11(16)17)9(6-7)19-12(13)14/h2,4,6,12H,3,5H2,1H3,(H,16,17). The topological polar surface area (TPSA) is 72.8 Å². The van der Waals surface area contributed by atoms with Gasteiger partial charge in [0.15, 0.2) is 0 Å². The number of carbonyl (C=O) groups is 2. The van der Waals surface area contributed by atoms with Crippen molar-refractivity contribution in [2.24, 2.45) is 0 Å². The van der Waals surface area contributed by atoms with Gasteiger partial charge in [-0.25, -0.2) is 4.79 Å². The molecule has 1 aromatic rings. The molecule has 0 fully saturated rings. The average molecular weight is 274 g/mol. The minimum atomic E-state index is -3.12. The molecule has 0 spiro atoms. The van der Waals surface area contributed by atoms with Gasteiger partial charge in [-0.05, 0) is 24.1 Å². The second-order valence-electron chi connectivity index (χ2n) is 3.59. The van der Waals surface area contributed by atoms with Gasteiger partial charge in [0.2, 0.25) is 0 Å². The van der Waals surface area contributed by atoms with E-state index in [4.69, 9.17) is 5.11 Å². The first kappa shape index (κ1) is 14.9. The van der Waals surface area contributed by atoms with Gasteiger partial charge < -0.3 is 14.6 Å². The SMILES string of the molecule is COC(=O)CCc1ccc(C(=O)O)c(OC(F)F)c1. The van der Waals surface area contributed by atoms with Crippen molar-refractivity contribution in [1.82, 2.24) is 0 Å². The Morgan fingerprint density at radius 2 is 2.05 bits per heavy atom. The maximum atomic E-state index is 12.2. The lowest BCUT2D eigenvalue weighted by molar-refractivity contribution is -0.140. The fourth-order valence-corrected chi connectivity index (χ4v) is 1.44. The Morgan fingerprint density at radius 3 is 2.58 bits per heavy atom. The molecule has 0 aliphatic heterocycles. The van der Waals surface area contributed by atoms with Crippen molar-refractivity contribution in [2.75, 3.05) is 7.11 Å². The molecule has 0 atom stereocenters. The Labute approximate surface area is 107 Å². The first-order valence-electron chi connectivity index (χ1n) is 5.32. The predicted octanol–water partition coefficient (Wildman–Crippen LogP) is 2.09. The monoisotopic (exact) mass is 274 g/mol. The smallest absolute Gasteiger partial charge is 0.387 e. The van der Waals surface area contributed by atoms with Crippen LogP contribution < -0.4 is 4.74 Å². The Bertz CT molecular complexity index is 473. The van der Waals surface area contributed by atoms with Crippen molar-refractivity contribution in [1.29, 1.82) is 0 Å². The van der Waals surface area contributed by atoms with Crippen LogP contribution in [0.2, 0.25) is 0 Å². The van der Waals surface area contributed by atoms with Crippen molar-refractivity contribution in [3.05, 3.63) is 29.3 Å². The molecule has 19 heavy (non-hydrogen) atoms. The summed E-state index contributed by atoms with van der Waals surface area (Å²) >= 11 is 0. The van der Waals surface area contributed by atoms with Gasteiger partial charge in [-0.1, -0.05) is 6.07 Å². The molecule has 0 unspecified atom stereocenters. The highest BCUT2D eigenvalue weighted by molar-refractivity contribution is 5.91. The van der Waals surface area contributed by atoms with Crippen LogP contribution in [-0.2, 0) is 16.0 Å². The second-order valence-corrected chi connectivity index (χ2v) is 3.59. The number of benzene rings is 1. The molecule has 104 valence electrons. The first-order chi connectivity index (χ1) is 8.93. The van der Waals surface area contributed by atoms with Gasteiger partial charge >= 0.3 is 18.6 Å². The molecule has 0 saturated heterocycles. The highest BCUT2D eigenvalue weighted by Gasteiger charge is 2.16. The van der Waals surface area contributed by atoms with Gasteiger partial charge in [-0.15, -0.1) is 0 Å². The van der Waals surface area contributed by atoms with E-state index in [0.717, 1.165) is 6.07 Å². The Morgan fingerprint density at radius 1 is 1.37 bits per heavy atom. The molecule has 0 radical (unpaired) electrons. The van der Waals surface area contributed by atoms with E-state index < -0.39 is 24.3 Å². The van der Waals surface area contributed by atoms with E-state index in [9.17, 15) is 18.4 Å². The van der Waals surface area contributed by atoms with Crippen LogP contribution in [0.5, 0.6) is 5.75 Å². The van der Waals surface area contributed by atoms with Crippen molar-refractivity contribution < 1.29 is 33.0 Å². The maximum absolute atomic E-state index is 12.2. The third kappa shape index (κ3) is 4.53. The van der Waals surface area contributed by atoms with E-state index in [1.54, 1.807) is 0 Å². The molecule has 7 heteroatoms. The van der Waals surface area contributed by atoms with Crippen LogP contribution in [0.1, 0.15) is 22.3 Å². The van der Waals surface area contributed by atoms with Gasteiger partial charge in [0, 0.05) is 6.42 Å². The number of halogens is 2. The lowest BCUT2D eigenvalue weighted by atomic mass is 10.1. The van der Waals surface area contributed by atoms with Gasteiger partial charge in [0.05, 0.1) is 7.11 Å². The minimum absolute atomic E-state index is 0.0665. The minimum Gasteiger partial charge on any atom is -0.478 e. The van der Waals surface area contributed by atoms with Crippen molar-refractivity contribution in [3.8, 4) is 5.75 Å². The Balaban J connectivity index is 2.91. The van der Waals surface area contributed by atoms with E-state index in [1.165, 1.54) is 19.2 Å². The van der Waals surface area contributed by atoms with Crippen LogP contribution >= 0.6 is 0 Å². The first-order valence-corrected chi connectivity index (χ1v) is 5.32. The average Bonchev–Trinajstić information content (AvgIpc) is 2.35. The van der Waals surface area contributed by atoms with Gasteiger partial charge in [-0.3, -0.25) is 4.79 Å². The number of carboxylic acid groups (broad SMARTS) is 1. The fourth-order valence-electron chi connectivity index (χ4n) is 1.44. The zero-order valence-corrected chi connectivity index (χ0v) is 10.1. The largest absolute Gasteiger partial charge is 0.478 e. The fraction of sp³-hybridized carbons (Fsp3) is 0.333. The highest BCUT2D eigenvalue weighted by atomic mass is 19.3. The number of aryl methyl sites for hydroxylation is 1. The Kier molecular flexibility index (Phi) is 5.23. The zero-order valence-electron chi connectivity index (χ0n) is 10.1. The molecule has 0 aliphatic rings. The predicted molar refractivity (Wildman–Crippen MR) is 60.4 cm³/mol. The van der Waals surface area contributed by atoms with E-state index in [0.29, 0.717) is 5.56 Å². The molecular weight excluding hydrogens is 262 g/mol. The number of hydrogen-bond acceptors (Lipinski definition) is 4. The summed E-state index contributed by atoms with van der Waals surface area (Å²) < 4.78 is 32.9. The third-order valence-corrected chi connectivity index (χ3v) is 2.34. The molecule has 0 aromatic heterocycles.